The van der Waals surface area contributed by atoms with Gasteiger partial charge in [-0.15, -0.1) is 0 Å². The van der Waals surface area contributed by atoms with Crippen LogP contribution in [0.15, 0.2) is 53.5 Å². The number of benzene rings is 2. The first kappa shape index (κ1) is 22.9. The minimum atomic E-state index is 0.105. The summed E-state index contributed by atoms with van der Waals surface area (Å²) in [5.41, 5.74) is 2.32. The van der Waals surface area contributed by atoms with Crippen molar-refractivity contribution in [2.75, 3.05) is 41.0 Å². The summed E-state index contributed by atoms with van der Waals surface area (Å²) in [5, 5.41) is 3.43. The molecular weight excluding hydrogens is 390 g/mol. The van der Waals surface area contributed by atoms with E-state index in [2.05, 4.69) is 48.5 Å². The van der Waals surface area contributed by atoms with Crippen LogP contribution in [-0.2, 0) is 11.3 Å². The molecule has 6 nitrogen and oxygen atoms in total. The largest absolute Gasteiger partial charge is 0.497 e. The summed E-state index contributed by atoms with van der Waals surface area (Å²) in [5.74, 6) is 2.85. The molecular formula is C25H35N3O3. The average molecular weight is 426 g/mol. The molecule has 1 saturated heterocycles. The topological polar surface area (TPSA) is 55.3 Å². The lowest BCUT2D eigenvalue weighted by atomic mass is 9.89. The van der Waals surface area contributed by atoms with Crippen molar-refractivity contribution in [3.05, 3.63) is 59.7 Å². The Morgan fingerprint density at radius 2 is 1.97 bits per heavy atom. The molecule has 2 aromatic carbocycles. The molecule has 0 aromatic heterocycles. The van der Waals surface area contributed by atoms with Crippen molar-refractivity contribution in [2.45, 2.75) is 32.4 Å². The monoisotopic (exact) mass is 425 g/mol. The molecule has 168 valence electrons. The van der Waals surface area contributed by atoms with Crippen molar-refractivity contribution in [1.29, 1.82) is 0 Å². The number of aliphatic imine (C=N–C) groups is 1. The predicted octanol–water partition coefficient (Wildman–Crippen LogP) is 4.27. The first-order valence-electron chi connectivity index (χ1n) is 11.0. The van der Waals surface area contributed by atoms with Gasteiger partial charge < -0.3 is 24.4 Å². The molecule has 2 atom stereocenters. The highest BCUT2D eigenvalue weighted by molar-refractivity contribution is 5.79. The zero-order chi connectivity index (χ0) is 22.1. The van der Waals surface area contributed by atoms with Crippen molar-refractivity contribution in [3.63, 3.8) is 0 Å². The van der Waals surface area contributed by atoms with Gasteiger partial charge in [-0.2, -0.15) is 0 Å². The molecule has 0 spiro atoms. The van der Waals surface area contributed by atoms with Gasteiger partial charge in [-0.05, 0) is 37.5 Å². The van der Waals surface area contributed by atoms with E-state index in [4.69, 9.17) is 19.2 Å². The maximum absolute atomic E-state index is 6.15. The van der Waals surface area contributed by atoms with Crippen molar-refractivity contribution < 1.29 is 14.2 Å². The van der Waals surface area contributed by atoms with Crippen LogP contribution < -0.4 is 14.8 Å². The fraction of sp³-hybridized carbons (Fsp3) is 0.480. The molecule has 1 heterocycles. The lowest BCUT2D eigenvalue weighted by Crippen LogP contribution is -2.39. The minimum absolute atomic E-state index is 0.105. The van der Waals surface area contributed by atoms with Crippen LogP contribution in [0.1, 0.15) is 37.0 Å². The third-order valence-corrected chi connectivity index (χ3v) is 5.65. The number of nitrogens with zero attached hydrogens (tertiary/aromatic N) is 2. The first-order chi connectivity index (χ1) is 15.2. The average Bonchev–Trinajstić information content (AvgIpc) is 2.82. The Bertz CT molecular complexity index is 841. The number of guanidine groups is 1. The van der Waals surface area contributed by atoms with Gasteiger partial charge in [0.15, 0.2) is 5.96 Å². The maximum atomic E-state index is 6.15. The minimum Gasteiger partial charge on any atom is -0.497 e. The fourth-order valence-electron chi connectivity index (χ4n) is 4.03. The second-order valence-electron chi connectivity index (χ2n) is 7.83. The molecule has 1 aliphatic heterocycles. The maximum Gasteiger partial charge on any atom is 0.193 e. The van der Waals surface area contributed by atoms with Crippen LogP contribution in [0.3, 0.4) is 0 Å². The molecule has 0 aliphatic carbocycles. The van der Waals surface area contributed by atoms with Gasteiger partial charge in [0.2, 0.25) is 0 Å². The highest BCUT2D eigenvalue weighted by Crippen LogP contribution is 2.33. The predicted molar refractivity (Wildman–Crippen MR) is 125 cm³/mol. The first-order valence-corrected chi connectivity index (χ1v) is 11.0. The smallest absolute Gasteiger partial charge is 0.193 e. The van der Waals surface area contributed by atoms with Crippen molar-refractivity contribution in [1.82, 2.24) is 10.2 Å². The van der Waals surface area contributed by atoms with Gasteiger partial charge in [-0.1, -0.05) is 30.3 Å². The summed E-state index contributed by atoms with van der Waals surface area (Å²) in [4.78, 5) is 7.12. The number of hydrogen-bond acceptors (Lipinski definition) is 4. The molecule has 2 unspecified atom stereocenters. The highest BCUT2D eigenvalue weighted by atomic mass is 16.5. The quantitative estimate of drug-likeness (QED) is 0.506. The van der Waals surface area contributed by atoms with Crippen molar-refractivity contribution in [3.8, 4) is 11.5 Å². The normalized spacial score (nSPS) is 19.0. The van der Waals surface area contributed by atoms with Crippen LogP contribution in [0, 0.1) is 5.92 Å². The summed E-state index contributed by atoms with van der Waals surface area (Å²) >= 11 is 0. The van der Waals surface area contributed by atoms with E-state index in [1.165, 1.54) is 5.56 Å². The SMILES string of the molecule is CCNC(=NCC1CCCOC1c1ccccc1)N(C)Cc1ccc(OC)cc1OC. The van der Waals surface area contributed by atoms with Crippen molar-refractivity contribution in [2.24, 2.45) is 10.9 Å². The molecule has 1 aliphatic rings. The van der Waals surface area contributed by atoms with Gasteiger partial charge in [0.1, 0.15) is 11.5 Å². The zero-order valence-corrected chi connectivity index (χ0v) is 19.1. The van der Waals surface area contributed by atoms with Crippen LogP contribution in [0.5, 0.6) is 11.5 Å². The Balaban J connectivity index is 1.73. The third kappa shape index (κ3) is 6.14. The molecule has 0 bridgehead atoms. The van der Waals surface area contributed by atoms with Gasteiger partial charge in [0, 0.05) is 50.8 Å². The molecule has 3 rings (SSSR count). The Labute approximate surface area is 186 Å². The van der Waals surface area contributed by atoms with Gasteiger partial charge in [-0.3, -0.25) is 4.99 Å². The fourth-order valence-corrected chi connectivity index (χ4v) is 4.03. The van der Waals surface area contributed by atoms with Crippen LogP contribution in [0.2, 0.25) is 0 Å². The molecule has 0 saturated carbocycles. The molecule has 2 aromatic rings. The molecule has 0 amide bonds. The van der Waals surface area contributed by atoms with Crippen molar-refractivity contribution >= 4 is 5.96 Å². The molecule has 31 heavy (non-hydrogen) atoms. The Morgan fingerprint density at radius 3 is 2.68 bits per heavy atom. The number of nitrogens with one attached hydrogen (secondary N) is 1. The second-order valence-corrected chi connectivity index (χ2v) is 7.83. The van der Waals surface area contributed by atoms with E-state index in [9.17, 15) is 0 Å². The number of hydrogen-bond donors (Lipinski definition) is 1. The Morgan fingerprint density at radius 1 is 1.16 bits per heavy atom. The molecule has 0 radical (unpaired) electrons. The summed E-state index contributed by atoms with van der Waals surface area (Å²) in [6.07, 6.45) is 2.31. The van der Waals surface area contributed by atoms with Crippen LogP contribution in [0.25, 0.3) is 0 Å². The third-order valence-electron chi connectivity index (χ3n) is 5.65. The van der Waals surface area contributed by atoms with E-state index in [1.807, 2.05) is 24.3 Å². The van der Waals surface area contributed by atoms with E-state index in [-0.39, 0.29) is 6.10 Å². The molecule has 6 heteroatoms. The lowest BCUT2D eigenvalue weighted by molar-refractivity contribution is -0.0250. The van der Waals surface area contributed by atoms with Crippen LogP contribution in [-0.4, -0.2) is 51.8 Å². The van der Waals surface area contributed by atoms with Gasteiger partial charge in [0.05, 0.1) is 20.3 Å². The summed E-state index contributed by atoms with van der Waals surface area (Å²) in [7, 11) is 5.40. The Kier molecular flexibility index (Phi) is 8.59. The van der Waals surface area contributed by atoms with E-state index >= 15 is 0 Å². The lowest BCUT2D eigenvalue weighted by Gasteiger charge is -2.32. The van der Waals surface area contributed by atoms with Crippen LogP contribution >= 0.6 is 0 Å². The summed E-state index contributed by atoms with van der Waals surface area (Å²) in [6.45, 7) is 5.13. The van der Waals surface area contributed by atoms with Crippen LogP contribution in [0.4, 0.5) is 0 Å². The number of ether oxygens (including phenoxy) is 3. The zero-order valence-electron chi connectivity index (χ0n) is 19.1. The number of methoxy groups -OCH3 is 2. The summed E-state index contributed by atoms with van der Waals surface area (Å²) < 4.78 is 17.0. The van der Waals surface area contributed by atoms with E-state index in [0.29, 0.717) is 12.5 Å². The summed E-state index contributed by atoms with van der Waals surface area (Å²) in [6, 6.07) is 16.4. The van der Waals surface area contributed by atoms with Gasteiger partial charge >= 0.3 is 0 Å². The second kappa shape index (κ2) is 11.6. The molecule has 1 fully saturated rings. The Hall–Kier alpha value is -2.73. The van der Waals surface area contributed by atoms with Gasteiger partial charge in [0.25, 0.3) is 0 Å². The molecule has 1 N–H and O–H groups in total. The van der Waals surface area contributed by atoms with E-state index < -0.39 is 0 Å². The standard InChI is InChI=1S/C25H35N3O3/c1-5-26-25(28(2)18-21-13-14-22(29-3)16-23(21)30-4)27-17-20-12-9-15-31-24(20)19-10-7-6-8-11-19/h6-8,10-11,13-14,16,20,24H,5,9,12,15,17-18H2,1-4H3,(H,26,27). The van der Waals surface area contributed by atoms with Gasteiger partial charge in [-0.25, -0.2) is 0 Å². The van der Waals surface area contributed by atoms with E-state index in [0.717, 1.165) is 55.6 Å². The van der Waals surface area contributed by atoms with E-state index in [1.54, 1.807) is 14.2 Å². The highest BCUT2D eigenvalue weighted by Gasteiger charge is 2.27. The number of rotatable bonds is 8.